The van der Waals surface area contributed by atoms with Gasteiger partial charge < -0.3 is 5.73 Å². The highest BCUT2D eigenvalue weighted by Crippen LogP contribution is 2.22. The third kappa shape index (κ3) is 2.67. The number of nitrogen functional groups attached to an aromatic ring is 1. The van der Waals surface area contributed by atoms with Crippen LogP contribution in [0.3, 0.4) is 0 Å². The number of aryl methyl sites for hydroxylation is 2. The van der Waals surface area contributed by atoms with Crippen LogP contribution < -0.4 is 5.73 Å². The number of rotatable bonds is 4. The summed E-state index contributed by atoms with van der Waals surface area (Å²) in [5.41, 5.74) is 8.51. The lowest BCUT2D eigenvalue weighted by molar-refractivity contribution is 0.664. The minimum absolute atomic E-state index is 0.0924. The Balaban J connectivity index is 2.11. The van der Waals surface area contributed by atoms with Crippen LogP contribution in [0.4, 0.5) is 0 Å². The van der Waals surface area contributed by atoms with Crippen molar-refractivity contribution in [2.75, 3.05) is 0 Å². The van der Waals surface area contributed by atoms with Crippen LogP contribution in [0.2, 0.25) is 0 Å². The van der Waals surface area contributed by atoms with Crippen molar-refractivity contribution < 1.29 is 0 Å². The van der Waals surface area contributed by atoms with Crippen LogP contribution in [-0.4, -0.2) is 26.0 Å². The zero-order chi connectivity index (χ0) is 13.1. The third-order valence-electron chi connectivity index (χ3n) is 2.59. The van der Waals surface area contributed by atoms with Gasteiger partial charge in [0.05, 0.1) is 0 Å². The van der Waals surface area contributed by atoms with Crippen molar-refractivity contribution in [2.45, 2.75) is 17.8 Å². The van der Waals surface area contributed by atoms with Crippen LogP contribution >= 0.6 is 11.8 Å². The fourth-order valence-electron chi connectivity index (χ4n) is 1.51. The van der Waals surface area contributed by atoms with Gasteiger partial charge in [0.25, 0.3) is 0 Å². The molecule has 0 saturated carbocycles. The molecule has 1 heterocycles. The summed E-state index contributed by atoms with van der Waals surface area (Å²) >= 11 is 1.58. The van der Waals surface area contributed by atoms with E-state index in [2.05, 4.69) is 15.5 Å². The Morgan fingerprint density at radius 3 is 2.83 bits per heavy atom. The second kappa shape index (κ2) is 5.18. The predicted octanol–water partition coefficient (Wildman–Crippen LogP) is 1.09. The van der Waals surface area contributed by atoms with Crippen LogP contribution in [-0.2, 0) is 12.8 Å². The molecule has 6 nitrogen and oxygen atoms in total. The summed E-state index contributed by atoms with van der Waals surface area (Å²) in [7, 11) is 1.81. The van der Waals surface area contributed by atoms with E-state index in [1.807, 2.05) is 32.2 Å². The summed E-state index contributed by atoms with van der Waals surface area (Å²) in [6.45, 7) is 2.01. The van der Waals surface area contributed by atoms with E-state index in [0.717, 1.165) is 22.0 Å². The SMILES string of the molecule is Cc1cc(C(=N)N)ccc1CSc1nnnn1C. The zero-order valence-corrected chi connectivity index (χ0v) is 11.0. The average Bonchev–Trinajstić information content (AvgIpc) is 2.73. The van der Waals surface area contributed by atoms with Crippen molar-refractivity contribution in [1.82, 2.24) is 20.2 Å². The summed E-state index contributed by atoms with van der Waals surface area (Å²) in [5, 5.41) is 19.5. The molecule has 0 atom stereocenters. The van der Waals surface area contributed by atoms with Crippen LogP contribution in [0.15, 0.2) is 23.4 Å². The molecule has 1 aromatic heterocycles. The summed E-state index contributed by atoms with van der Waals surface area (Å²) in [5.74, 6) is 0.882. The Morgan fingerprint density at radius 1 is 1.50 bits per heavy atom. The first-order valence-corrected chi connectivity index (χ1v) is 6.35. The summed E-state index contributed by atoms with van der Waals surface area (Å²) in [6, 6.07) is 5.77. The molecule has 3 N–H and O–H groups in total. The summed E-state index contributed by atoms with van der Waals surface area (Å²) < 4.78 is 1.64. The van der Waals surface area contributed by atoms with E-state index >= 15 is 0 Å². The second-order valence-electron chi connectivity index (χ2n) is 3.93. The minimum atomic E-state index is 0.0924. The number of nitrogens with two attached hydrogens (primary N) is 1. The lowest BCUT2D eigenvalue weighted by Gasteiger charge is -2.07. The lowest BCUT2D eigenvalue weighted by Crippen LogP contribution is -2.11. The Hall–Kier alpha value is -1.89. The van der Waals surface area contributed by atoms with Gasteiger partial charge in [-0.05, 0) is 34.5 Å². The molecule has 0 aliphatic carbocycles. The van der Waals surface area contributed by atoms with Crippen molar-refractivity contribution in [1.29, 1.82) is 5.41 Å². The fraction of sp³-hybridized carbons (Fsp3) is 0.273. The first-order valence-electron chi connectivity index (χ1n) is 5.37. The van der Waals surface area contributed by atoms with E-state index in [1.54, 1.807) is 16.4 Å². The smallest absolute Gasteiger partial charge is 0.209 e. The second-order valence-corrected chi connectivity index (χ2v) is 4.87. The van der Waals surface area contributed by atoms with Gasteiger partial charge in [-0.25, -0.2) is 4.68 Å². The molecule has 0 spiro atoms. The molecule has 0 saturated heterocycles. The molecule has 0 fully saturated rings. The number of amidine groups is 1. The Bertz CT molecular complexity index is 577. The predicted molar refractivity (Wildman–Crippen MR) is 70.6 cm³/mol. The van der Waals surface area contributed by atoms with Crippen molar-refractivity contribution >= 4 is 17.6 Å². The molecule has 0 amide bonds. The lowest BCUT2D eigenvalue weighted by atomic mass is 10.1. The van der Waals surface area contributed by atoms with E-state index in [-0.39, 0.29) is 5.84 Å². The highest BCUT2D eigenvalue weighted by molar-refractivity contribution is 7.98. The summed E-state index contributed by atoms with van der Waals surface area (Å²) in [4.78, 5) is 0. The topological polar surface area (TPSA) is 93.5 Å². The molecule has 2 aromatic rings. The van der Waals surface area contributed by atoms with Crippen molar-refractivity contribution in [3.05, 3.63) is 34.9 Å². The van der Waals surface area contributed by atoms with E-state index in [1.165, 1.54) is 5.56 Å². The highest BCUT2D eigenvalue weighted by atomic mass is 32.2. The number of hydrogen-bond acceptors (Lipinski definition) is 5. The van der Waals surface area contributed by atoms with E-state index < -0.39 is 0 Å². The molecule has 0 aliphatic rings. The first kappa shape index (κ1) is 12.6. The van der Waals surface area contributed by atoms with E-state index in [9.17, 15) is 0 Å². The third-order valence-corrected chi connectivity index (χ3v) is 3.65. The van der Waals surface area contributed by atoms with Gasteiger partial charge in [-0.1, -0.05) is 23.9 Å². The average molecular weight is 262 g/mol. The van der Waals surface area contributed by atoms with Crippen molar-refractivity contribution in [2.24, 2.45) is 12.8 Å². The monoisotopic (exact) mass is 262 g/mol. The van der Waals surface area contributed by atoms with Gasteiger partial charge in [0.2, 0.25) is 5.16 Å². The van der Waals surface area contributed by atoms with Gasteiger partial charge in [-0.15, -0.1) is 5.10 Å². The molecular formula is C11H14N6S. The maximum absolute atomic E-state index is 7.39. The molecule has 0 bridgehead atoms. The molecule has 94 valence electrons. The van der Waals surface area contributed by atoms with Crippen LogP contribution in [0, 0.1) is 12.3 Å². The quantitative estimate of drug-likeness (QED) is 0.489. The van der Waals surface area contributed by atoms with Crippen molar-refractivity contribution in [3.63, 3.8) is 0 Å². The molecule has 0 unspecified atom stereocenters. The molecule has 0 radical (unpaired) electrons. The van der Waals surface area contributed by atoms with Gasteiger partial charge >= 0.3 is 0 Å². The number of nitrogens with one attached hydrogen (secondary N) is 1. The van der Waals surface area contributed by atoms with Crippen molar-refractivity contribution in [3.8, 4) is 0 Å². The Morgan fingerprint density at radius 2 is 2.28 bits per heavy atom. The fourth-order valence-corrected chi connectivity index (χ4v) is 2.44. The van der Waals surface area contributed by atoms with Crippen LogP contribution in [0.25, 0.3) is 0 Å². The van der Waals surface area contributed by atoms with Crippen LogP contribution in [0.5, 0.6) is 0 Å². The van der Waals surface area contributed by atoms with Gasteiger partial charge in [0.15, 0.2) is 0 Å². The van der Waals surface area contributed by atoms with E-state index in [0.29, 0.717) is 0 Å². The normalized spacial score (nSPS) is 10.6. The number of aromatic nitrogens is 4. The number of nitrogens with zero attached hydrogens (tertiary/aromatic N) is 4. The molecule has 2 rings (SSSR count). The Labute approximate surface area is 109 Å². The molecule has 18 heavy (non-hydrogen) atoms. The standard InChI is InChI=1S/C11H14N6S/c1-7-5-8(10(12)13)3-4-9(7)6-18-11-14-15-16-17(11)2/h3-5H,6H2,1-2H3,(H3,12,13). The molecule has 1 aromatic carbocycles. The van der Waals surface area contributed by atoms with Gasteiger partial charge in [-0.3, -0.25) is 5.41 Å². The van der Waals surface area contributed by atoms with E-state index in [4.69, 9.17) is 11.1 Å². The maximum atomic E-state index is 7.39. The number of hydrogen-bond donors (Lipinski definition) is 2. The maximum Gasteiger partial charge on any atom is 0.209 e. The number of tetrazole rings is 1. The van der Waals surface area contributed by atoms with Gasteiger partial charge in [0.1, 0.15) is 5.84 Å². The molecular weight excluding hydrogens is 248 g/mol. The zero-order valence-electron chi connectivity index (χ0n) is 10.2. The van der Waals surface area contributed by atoms with Gasteiger partial charge in [0, 0.05) is 18.4 Å². The molecule has 0 aliphatic heterocycles. The summed E-state index contributed by atoms with van der Waals surface area (Å²) in [6.07, 6.45) is 0. The van der Waals surface area contributed by atoms with Crippen LogP contribution in [0.1, 0.15) is 16.7 Å². The number of thioether (sulfide) groups is 1. The Kier molecular flexibility index (Phi) is 3.61. The van der Waals surface area contributed by atoms with Gasteiger partial charge in [-0.2, -0.15) is 0 Å². The minimum Gasteiger partial charge on any atom is -0.384 e. The molecule has 7 heteroatoms. The first-order chi connectivity index (χ1) is 8.58. The highest BCUT2D eigenvalue weighted by Gasteiger charge is 2.06. The number of benzene rings is 1. The largest absolute Gasteiger partial charge is 0.384 e.